The zero-order valence-corrected chi connectivity index (χ0v) is 17.5. The van der Waals surface area contributed by atoms with Gasteiger partial charge in [-0.3, -0.25) is 4.99 Å². The number of guanidine groups is 1. The Balaban J connectivity index is 1.28. The fraction of sp³-hybridized carbons (Fsp3) is 0.250. The number of aliphatic imine (C=N–C) groups is 1. The number of aromatic nitrogens is 1. The van der Waals surface area contributed by atoms with Crippen molar-refractivity contribution in [2.45, 2.75) is 19.3 Å². The minimum absolute atomic E-state index is 0.100. The van der Waals surface area contributed by atoms with Gasteiger partial charge in [0.2, 0.25) is 5.88 Å². The van der Waals surface area contributed by atoms with Crippen molar-refractivity contribution in [2.24, 2.45) is 4.99 Å². The monoisotopic (exact) mass is 418 g/mol. The largest absolute Gasteiger partial charge is 0.486 e. The zero-order chi connectivity index (χ0) is 21.3. The Labute approximate surface area is 182 Å². The molecule has 1 aliphatic heterocycles. The van der Waals surface area contributed by atoms with Gasteiger partial charge in [-0.05, 0) is 23.8 Å². The molecule has 0 spiro atoms. The second-order valence-electron chi connectivity index (χ2n) is 7.05. The van der Waals surface area contributed by atoms with Gasteiger partial charge in [-0.1, -0.05) is 48.5 Å². The first kappa shape index (κ1) is 20.5. The standard InChI is InChI=1S/C24H26N4O3/c1-25-24(28-15-20-17-29-21-11-5-6-12-22(21)31-20)27-14-19-10-7-13-26-23(19)30-16-18-8-3-2-4-9-18/h2-13,20H,14-17H2,1H3,(H2,25,27,28). The van der Waals surface area contributed by atoms with Crippen LogP contribution < -0.4 is 24.8 Å². The van der Waals surface area contributed by atoms with E-state index in [0.29, 0.717) is 38.1 Å². The number of para-hydroxylation sites is 2. The summed E-state index contributed by atoms with van der Waals surface area (Å²) in [6.45, 7) is 2.06. The highest BCUT2D eigenvalue weighted by Crippen LogP contribution is 2.30. The van der Waals surface area contributed by atoms with E-state index in [4.69, 9.17) is 14.2 Å². The maximum Gasteiger partial charge on any atom is 0.218 e. The minimum Gasteiger partial charge on any atom is -0.486 e. The first-order chi connectivity index (χ1) is 15.3. The van der Waals surface area contributed by atoms with E-state index in [9.17, 15) is 0 Å². The van der Waals surface area contributed by atoms with Crippen LogP contribution in [0.15, 0.2) is 77.9 Å². The molecule has 1 unspecified atom stereocenters. The quantitative estimate of drug-likeness (QED) is 0.453. The molecule has 1 atom stereocenters. The van der Waals surface area contributed by atoms with Gasteiger partial charge < -0.3 is 24.8 Å². The summed E-state index contributed by atoms with van der Waals surface area (Å²) < 4.78 is 17.7. The normalized spacial score (nSPS) is 15.3. The van der Waals surface area contributed by atoms with Gasteiger partial charge in [0, 0.05) is 25.4 Å². The van der Waals surface area contributed by atoms with Crippen LogP contribution >= 0.6 is 0 Å². The Morgan fingerprint density at radius 1 is 1.03 bits per heavy atom. The topological polar surface area (TPSA) is 77.0 Å². The number of benzene rings is 2. The Morgan fingerprint density at radius 3 is 2.68 bits per heavy atom. The third-order valence-electron chi connectivity index (χ3n) is 4.80. The molecule has 0 aliphatic carbocycles. The fourth-order valence-corrected chi connectivity index (χ4v) is 3.19. The molecule has 0 fully saturated rings. The van der Waals surface area contributed by atoms with E-state index in [1.165, 1.54) is 0 Å². The van der Waals surface area contributed by atoms with Crippen LogP contribution in [0.3, 0.4) is 0 Å². The molecule has 0 saturated heterocycles. The molecule has 0 radical (unpaired) electrons. The molecule has 2 N–H and O–H groups in total. The van der Waals surface area contributed by atoms with Gasteiger partial charge in [0.15, 0.2) is 17.5 Å². The van der Waals surface area contributed by atoms with Crippen molar-refractivity contribution in [3.05, 3.63) is 84.1 Å². The molecular formula is C24H26N4O3. The van der Waals surface area contributed by atoms with Gasteiger partial charge in [-0.2, -0.15) is 0 Å². The molecule has 3 aromatic rings. The summed E-state index contributed by atoms with van der Waals surface area (Å²) in [5, 5.41) is 6.60. The van der Waals surface area contributed by atoms with E-state index in [2.05, 4.69) is 20.6 Å². The molecule has 7 heteroatoms. The van der Waals surface area contributed by atoms with Crippen LogP contribution in [0.2, 0.25) is 0 Å². The molecule has 2 aromatic carbocycles. The molecule has 160 valence electrons. The van der Waals surface area contributed by atoms with Crippen LogP contribution in [0.4, 0.5) is 0 Å². The van der Waals surface area contributed by atoms with Gasteiger partial charge in [0.25, 0.3) is 0 Å². The van der Waals surface area contributed by atoms with Crippen molar-refractivity contribution >= 4 is 5.96 Å². The van der Waals surface area contributed by atoms with Crippen molar-refractivity contribution in [1.82, 2.24) is 15.6 Å². The van der Waals surface area contributed by atoms with Crippen LogP contribution in [-0.4, -0.2) is 37.2 Å². The van der Waals surface area contributed by atoms with E-state index in [-0.39, 0.29) is 6.10 Å². The predicted octanol–water partition coefficient (Wildman–Crippen LogP) is 3.17. The Hall–Kier alpha value is -3.74. The second-order valence-corrected chi connectivity index (χ2v) is 7.05. The lowest BCUT2D eigenvalue weighted by molar-refractivity contribution is 0.0936. The first-order valence-electron chi connectivity index (χ1n) is 10.3. The average molecular weight is 418 g/mol. The summed E-state index contributed by atoms with van der Waals surface area (Å²) >= 11 is 0. The third kappa shape index (κ3) is 5.66. The highest BCUT2D eigenvalue weighted by atomic mass is 16.6. The lowest BCUT2D eigenvalue weighted by Gasteiger charge is -2.27. The zero-order valence-electron chi connectivity index (χ0n) is 17.5. The van der Waals surface area contributed by atoms with Gasteiger partial charge in [0.05, 0.1) is 6.54 Å². The molecule has 4 rings (SSSR count). The molecule has 0 saturated carbocycles. The molecule has 7 nitrogen and oxygen atoms in total. The maximum atomic E-state index is 5.98. The number of hydrogen-bond donors (Lipinski definition) is 2. The number of ether oxygens (including phenoxy) is 3. The fourth-order valence-electron chi connectivity index (χ4n) is 3.19. The molecule has 1 aromatic heterocycles. The Morgan fingerprint density at radius 2 is 1.84 bits per heavy atom. The average Bonchev–Trinajstić information content (AvgIpc) is 2.84. The van der Waals surface area contributed by atoms with Crippen molar-refractivity contribution < 1.29 is 14.2 Å². The smallest absolute Gasteiger partial charge is 0.218 e. The first-order valence-corrected chi connectivity index (χ1v) is 10.3. The molecule has 1 aliphatic rings. The van der Waals surface area contributed by atoms with E-state index < -0.39 is 0 Å². The molecule has 0 amide bonds. The van der Waals surface area contributed by atoms with E-state index in [0.717, 1.165) is 22.6 Å². The summed E-state index contributed by atoms with van der Waals surface area (Å²) in [5.41, 5.74) is 2.05. The van der Waals surface area contributed by atoms with Crippen molar-refractivity contribution in [3.8, 4) is 17.4 Å². The summed E-state index contributed by atoms with van der Waals surface area (Å²) in [7, 11) is 1.74. The number of nitrogens with one attached hydrogen (secondary N) is 2. The number of fused-ring (bicyclic) bond motifs is 1. The Bertz CT molecular complexity index is 1010. The summed E-state index contributed by atoms with van der Waals surface area (Å²) in [6.07, 6.45) is 1.63. The van der Waals surface area contributed by atoms with Crippen LogP contribution in [0, 0.1) is 0 Å². The van der Waals surface area contributed by atoms with Crippen LogP contribution in [0.1, 0.15) is 11.1 Å². The number of hydrogen-bond acceptors (Lipinski definition) is 5. The highest BCUT2D eigenvalue weighted by Gasteiger charge is 2.20. The molecular weight excluding hydrogens is 392 g/mol. The van der Waals surface area contributed by atoms with Crippen LogP contribution in [0.5, 0.6) is 17.4 Å². The van der Waals surface area contributed by atoms with Gasteiger partial charge in [0.1, 0.15) is 19.3 Å². The lowest BCUT2D eigenvalue weighted by Crippen LogP contribution is -2.45. The minimum atomic E-state index is -0.100. The lowest BCUT2D eigenvalue weighted by atomic mass is 10.2. The summed E-state index contributed by atoms with van der Waals surface area (Å²) in [6, 6.07) is 21.6. The SMILES string of the molecule is CN=C(NCc1cccnc1OCc1ccccc1)NCC1COc2ccccc2O1. The van der Waals surface area contributed by atoms with Crippen molar-refractivity contribution in [2.75, 3.05) is 20.2 Å². The Kier molecular flexibility index (Phi) is 6.85. The second kappa shape index (κ2) is 10.3. The maximum absolute atomic E-state index is 5.98. The van der Waals surface area contributed by atoms with E-state index in [1.54, 1.807) is 13.2 Å². The highest BCUT2D eigenvalue weighted by molar-refractivity contribution is 5.79. The number of nitrogens with zero attached hydrogens (tertiary/aromatic N) is 2. The van der Waals surface area contributed by atoms with Gasteiger partial charge in [-0.15, -0.1) is 0 Å². The molecule has 2 heterocycles. The molecule has 31 heavy (non-hydrogen) atoms. The third-order valence-corrected chi connectivity index (χ3v) is 4.80. The summed E-state index contributed by atoms with van der Waals surface area (Å²) in [4.78, 5) is 8.67. The van der Waals surface area contributed by atoms with Crippen molar-refractivity contribution in [3.63, 3.8) is 0 Å². The van der Waals surface area contributed by atoms with E-state index in [1.807, 2.05) is 66.7 Å². The summed E-state index contributed by atoms with van der Waals surface area (Å²) in [5.74, 6) is 2.81. The number of rotatable bonds is 7. The predicted molar refractivity (Wildman–Crippen MR) is 120 cm³/mol. The van der Waals surface area contributed by atoms with Crippen LogP contribution in [0.25, 0.3) is 0 Å². The van der Waals surface area contributed by atoms with Crippen molar-refractivity contribution in [1.29, 1.82) is 0 Å². The van der Waals surface area contributed by atoms with E-state index >= 15 is 0 Å². The van der Waals surface area contributed by atoms with Gasteiger partial charge >= 0.3 is 0 Å². The number of pyridine rings is 1. The van der Waals surface area contributed by atoms with Gasteiger partial charge in [-0.25, -0.2) is 4.98 Å². The molecule has 0 bridgehead atoms. The van der Waals surface area contributed by atoms with Crippen LogP contribution in [-0.2, 0) is 13.2 Å².